The van der Waals surface area contributed by atoms with E-state index in [2.05, 4.69) is 20.9 Å². The maximum Gasteiger partial charge on any atom is 0.413 e. The van der Waals surface area contributed by atoms with Gasteiger partial charge < -0.3 is 24.2 Å². The minimum absolute atomic E-state index is 0.0899. The Balaban J connectivity index is 1.18. The Hall–Kier alpha value is -5.77. The van der Waals surface area contributed by atoms with Crippen molar-refractivity contribution in [3.8, 4) is 35.4 Å². The van der Waals surface area contributed by atoms with Crippen molar-refractivity contribution in [2.24, 2.45) is 0 Å². The number of aromatic hydroxyl groups is 1. The fourth-order valence-corrected chi connectivity index (χ4v) is 6.88. The molecule has 49 heavy (non-hydrogen) atoms. The van der Waals surface area contributed by atoms with E-state index in [4.69, 9.17) is 20.6 Å². The number of esters is 1. The first-order valence-electron chi connectivity index (χ1n) is 15.8. The van der Waals surface area contributed by atoms with Gasteiger partial charge in [-0.25, -0.2) is 18.4 Å². The van der Waals surface area contributed by atoms with E-state index < -0.39 is 30.0 Å². The summed E-state index contributed by atoms with van der Waals surface area (Å²) in [6.45, 7) is 2.19. The predicted octanol–water partition coefficient (Wildman–Crippen LogP) is 5.77. The van der Waals surface area contributed by atoms with Gasteiger partial charge in [-0.1, -0.05) is 30.2 Å². The van der Waals surface area contributed by atoms with Gasteiger partial charge in [0.1, 0.15) is 28.6 Å². The summed E-state index contributed by atoms with van der Waals surface area (Å²) in [7, 11) is 1.36. The molecule has 2 aromatic heterocycles. The number of rotatable bonds is 6. The van der Waals surface area contributed by atoms with Gasteiger partial charge in [-0.3, -0.25) is 9.88 Å². The van der Waals surface area contributed by atoms with Gasteiger partial charge in [0.15, 0.2) is 5.82 Å². The van der Waals surface area contributed by atoms with Crippen LogP contribution < -0.4 is 9.64 Å². The van der Waals surface area contributed by atoms with Crippen LogP contribution in [0.25, 0.3) is 32.9 Å². The number of terminal acetylenes is 1. The van der Waals surface area contributed by atoms with E-state index in [0.29, 0.717) is 42.7 Å². The van der Waals surface area contributed by atoms with Gasteiger partial charge in [-0.15, -0.1) is 6.42 Å². The molecule has 2 bridgehead atoms. The van der Waals surface area contributed by atoms with Crippen molar-refractivity contribution in [2.45, 2.75) is 51.0 Å². The highest BCUT2D eigenvalue weighted by Gasteiger charge is 2.45. The van der Waals surface area contributed by atoms with Gasteiger partial charge in [0.25, 0.3) is 0 Å². The predicted molar refractivity (Wildman–Crippen MR) is 176 cm³/mol. The Kier molecular flexibility index (Phi) is 8.23. The van der Waals surface area contributed by atoms with Crippen LogP contribution in [0.5, 0.6) is 11.8 Å². The molecule has 0 radical (unpaired) electrons. The summed E-state index contributed by atoms with van der Waals surface area (Å²) in [5.41, 5.74) is 0.135. The maximum atomic E-state index is 16.5. The standard InChI is InChI=1S/C36H31F2N5O6/c1-4-25-28(37)13-10-21-14-24(44)15-26(29(21)25)31-30(38)32-27(16-39-31)33(41-35(40-32)47-3)42-17-22-11-12-23(18-42)43(22)36(46)49-19(2)48-34(45)20-8-6-5-7-9-20/h1,6,8-10,13-16,19,22-23,44H,5,7,11-12,17-18H2,2-3H3. The second kappa shape index (κ2) is 12.7. The number of hydrogen-bond acceptors (Lipinski definition) is 10. The first kappa shape index (κ1) is 31.8. The number of halogens is 2. The van der Waals surface area contributed by atoms with E-state index in [9.17, 15) is 19.1 Å². The molecule has 0 saturated carbocycles. The summed E-state index contributed by atoms with van der Waals surface area (Å²) >= 11 is 0. The van der Waals surface area contributed by atoms with Crippen molar-refractivity contribution in [1.82, 2.24) is 19.9 Å². The van der Waals surface area contributed by atoms with Crippen LogP contribution in [0.2, 0.25) is 0 Å². The Morgan fingerprint density at radius 2 is 1.88 bits per heavy atom. The van der Waals surface area contributed by atoms with Crippen molar-refractivity contribution in [3.05, 3.63) is 71.5 Å². The summed E-state index contributed by atoms with van der Waals surface area (Å²) in [5.74, 6) is 0.438. The van der Waals surface area contributed by atoms with Crippen LogP contribution in [0.15, 0.2) is 54.3 Å². The summed E-state index contributed by atoms with van der Waals surface area (Å²) in [6, 6.07) is 4.70. The first-order chi connectivity index (χ1) is 23.7. The van der Waals surface area contributed by atoms with Crippen LogP contribution in [-0.4, -0.2) is 75.6 Å². The number of piperazine rings is 1. The minimum atomic E-state index is -1.09. The third-order valence-electron chi connectivity index (χ3n) is 9.04. The van der Waals surface area contributed by atoms with E-state index >= 15 is 4.39 Å². The quantitative estimate of drug-likeness (QED) is 0.154. The Labute approximate surface area is 279 Å². The molecule has 4 aromatic rings. The molecule has 4 heterocycles. The lowest BCUT2D eigenvalue weighted by Crippen LogP contribution is -2.56. The number of carbonyl (C=O) groups is 2. The van der Waals surface area contributed by atoms with Gasteiger partial charge in [0, 0.05) is 37.2 Å². The molecule has 13 heteroatoms. The van der Waals surface area contributed by atoms with Crippen molar-refractivity contribution in [1.29, 1.82) is 0 Å². The minimum Gasteiger partial charge on any atom is -0.508 e. The number of hydrogen-bond donors (Lipinski definition) is 1. The van der Waals surface area contributed by atoms with Crippen LogP contribution in [-0.2, 0) is 14.3 Å². The highest BCUT2D eigenvalue weighted by molar-refractivity contribution is 6.03. The van der Waals surface area contributed by atoms with E-state index in [1.54, 1.807) is 17.1 Å². The molecule has 11 nitrogen and oxygen atoms in total. The zero-order valence-corrected chi connectivity index (χ0v) is 26.7. The lowest BCUT2D eigenvalue weighted by atomic mass is 9.96. The fourth-order valence-electron chi connectivity index (χ4n) is 6.88. The highest BCUT2D eigenvalue weighted by atomic mass is 19.1. The zero-order valence-electron chi connectivity index (χ0n) is 26.7. The number of nitrogens with zero attached hydrogens (tertiary/aromatic N) is 5. The molecule has 0 spiro atoms. The average molecular weight is 668 g/mol. The molecule has 1 aliphatic carbocycles. The monoisotopic (exact) mass is 667 g/mol. The number of ether oxygens (including phenoxy) is 3. The Morgan fingerprint density at radius 3 is 2.57 bits per heavy atom. The van der Waals surface area contributed by atoms with Crippen LogP contribution >= 0.6 is 0 Å². The smallest absolute Gasteiger partial charge is 0.413 e. The number of fused-ring (bicyclic) bond motifs is 4. The largest absolute Gasteiger partial charge is 0.508 e. The molecule has 7 rings (SSSR count). The topological polar surface area (TPSA) is 127 Å². The first-order valence-corrected chi connectivity index (χ1v) is 15.8. The molecule has 1 amide bonds. The van der Waals surface area contributed by atoms with Gasteiger partial charge in [-0.05, 0) is 49.3 Å². The van der Waals surface area contributed by atoms with Gasteiger partial charge in [0.05, 0.1) is 35.7 Å². The number of phenolic OH excluding ortho intramolecular Hbond substituents is 1. The number of allylic oxidation sites excluding steroid dienone is 2. The molecule has 2 saturated heterocycles. The Bertz CT molecular complexity index is 2120. The number of carbonyl (C=O) groups excluding carboxylic acids is 2. The molecule has 2 aromatic carbocycles. The number of pyridine rings is 1. The summed E-state index contributed by atoms with van der Waals surface area (Å²) in [5, 5.41) is 11.4. The highest BCUT2D eigenvalue weighted by Crippen LogP contribution is 2.40. The van der Waals surface area contributed by atoms with Crippen LogP contribution in [0.4, 0.5) is 19.4 Å². The molecule has 3 atom stereocenters. The average Bonchev–Trinajstić information content (AvgIpc) is 3.37. The van der Waals surface area contributed by atoms with Crippen LogP contribution in [0.3, 0.4) is 0 Å². The lowest BCUT2D eigenvalue weighted by Gasteiger charge is -2.41. The van der Waals surface area contributed by atoms with Gasteiger partial charge >= 0.3 is 18.1 Å². The number of amides is 1. The third-order valence-corrected chi connectivity index (χ3v) is 9.04. The number of anilines is 1. The lowest BCUT2D eigenvalue weighted by molar-refractivity contribution is -0.161. The molecule has 250 valence electrons. The normalized spacial score (nSPS) is 19.0. The maximum absolute atomic E-state index is 16.5. The molecule has 1 N–H and O–H groups in total. The summed E-state index contributed by atoms with van der Waals surface area (Å²) in [6.07, 6.45) is 13.7. The molecule has 3 unspecified atom stereocenters. The van der Waals surface area contributed by atoms with Gasteiger partial charge in [0.2, 0.25) is 6.29 Å². The van der Waals surface area contributed by atoms with Crippen molar-refractivity contribution in [2.75, 3.05) is 25.1 Å². The number of aromatic nitrogens is 3. The van der Waals surface area contributed by atoms with E-state index in [1.165, 1.54) is 44.5 Å². The van der Waals surface area contributed by atoms with Crippen molar-refractivity contribution >= 4 is 39.6 Å². The number of phenols is 1. The van der Waals surface area contributed by atoms with E-state index in [-0.39, 0.29) is 57.0 Å². The SMILES string of the molecule is C#Cc1c(F)ccc2cc(O)cc(-c3ncc4c(N5CC6CCC(C5)N6C(=O)OC(C)OC(=O)C5=CCCC=C5)nc(OC)nc4c3F)c12. The molecule has 3 aliphatic rings. The number of benzene rings is 2. The second-order valence-electron chi connectivity index (χ2n) is 12.1. The van der Waals surface area contributed by atoms with Crippen LogP contribution in [0.1, 0.15) is 38.2 Å². The van der Waals surface area contributed by atoms with E-state index in [0.717, 1.165) is 12.8 Å². The molecular formula is C36H31F2N5O6. The zero-order chi connectivity index (χ0) is 34.4. The summed E-state index contributed by atoms with van der Waals surface area (Å²) < 4.78 is 47.5. The summed E-state index contributed by atoms with van der Waals surface area (Å²) in [4.78, 5) is 42.6. The number of methoxy groups -OCH3 is 1. The third kappa shape index (κ3) is 5.73. The fraction of sp³-hybridized carbons (Fsp3) is 0.306. The van der Waals surface area contributed by atoms with Crippen LogP contribution in [0, 0.1) is 24.0 Å². The van der Waals surface area contributed by atoms with E-state index in [1.807, 2.05) is 11.0 Å². The molecule has 2 fully saturated rings. The second-order valence-corrected chi connectivity index (χ2v) is 12.1. The molecular weight excluding hydrogens is 636 g/mol. The molecule has 2 aliphatic heterocycles. The Morgan fingerprint density at radius 1 is 1.10 bits per heavy atom. The van der Waals surface area contributed by atoms with Crippen molar-refractivity contribution < 1.29 is 37.7 Å². The van der Waals surface area contributed by atoms with Crippen molar-refractivity contribution in [3.63, 3.8) is 0 Å². The van der Waals surface area contributed by atoms with Gasteiger partial charge in [-0.2, -0.15) is 9.97 Å².